The van der Waals surface area contributed by atoms with Crippen LogP contribution in [0.5, 0.6) is 0 Å². The number of hydrogen-bond acceptors (Lipinski definition) is 3. The van der Waals surface area contributed by atoms with Crippen LogP contribution in [0.25, 0.3) is 0 Å². The van der Waals surface area contributed by atoms with Gasteiger partial charge in [-0.2, -0.15) is 0 Å². The number of halogens is 1. The minimum absolute atomic E-state index is 0.327. The van der Waals surface area contributed by atoms with Crippen LogP contribution >= 0.6 is 0 Å². The second-order valence-corrected chi connectivity index (χ2v) is 4.47. The highest BCUT2D eigenvalue weighted by Gasteiger charge is 2.10. The van der Waals surface area contributed by atoms with Gasteiger partial charge in [0.25, 0.3) is 0 Å². The summed E-state index contributed by atoms with van der Waals surface area (Å²) >= 11 is 0. The minimum atomic E-state index is -0.327. The molecule has 2 N–H and O–H groups in total. The molecule has 0 aliphatic rings. The summed E-state index contributed by atoms with van der Waals surface area (Å²) in [5.41, 5.74) is 7.81. The van der Waals surface area contributed by atoms with Gasteiger partial charge in [0.1, 0.15) is 11.6 Å². The van der Waals surface area contributed by atoms with Crippen LogP contribution in [0.15, 0.2) is 42.6 Å². The van der Waals surface area contributed by atoms with Crippen molar-refractivity contribution in [2.75, 3.05) is 18.0 Å². The number of pyridine rings is 1. The molecule has 0 saturated carbocycles. The summed E-state index contributed by atoms with van der Waals surface area (Å²) in [6.07, 6.45) is 2.09. The lowest BCUT2D eigenvalue weighted by molar-refractivity contribution is 0.621. The predicted octanol–water partition coefficient (Wildman–Crippen LogP) is 3.02. The molecule has 0 spiro atoms. The zero-order valence-corrected chi connectivity index (χ0v) is 11.0. The summed E-state index contributed by atoms with van der Waals surface area (Å²) in [7, 11) is 0. The normalized spacial score (nSPS) is 10.5. The first-order valence-electron chi connectivity index (χ1n) is 6.36. The van der Waals surface area contributed by atoms with Gasteiger partial charge < -0.3 is 10.6 Å². The van der Waals surface area contributed by atoms with E-state index in [4.69, 9.17) is 5.73 Å². The van der Waals surface area contributed by atoms with Crippen LogP contribution in [0.1, 0.15) is 12.0 Å². The van der Waals surface area contributed by atoms with Crippen molar-refractivity contribution in [1.82, 2.24) is 4.98 Å². The van der Waals surface area contributed by atoms with E-state index in [2.05, 4.69) is 16.0 Å². The van der Waals surface area contributed by atoms with E-state index in [9.17, 15) is 4.39 Å². The Morgan fingerprint density at radius 1 is 1.26 bits per heavy atom. The lowest BCUT2D eigenvalue weighted by Gasteiger charge is -2.24. The maximum atomic E-state index is 13.0. The maximum absolute atomic E-state index is 13.0. The molecule has 0 radical (unpaired) electrons. The van der Waals surface area contributed by atoms with Crippen LogP contribution in [0, 0.1) is 12.7 Å². The number of aryl methyl sites for hydroxylation is 1. The smallest absolute Gasteiger partial charge is 0.141 e. The largest absolute Gasteiger partial charge is 0.330 e. The van der Waals surface area contributed by atoms with Crippen molar-refractivity contribution in [2.24, 2.45) is 5.73 Å². The van der Waals surface area contributed by atoms with E-state index in [0.717, 1.165) is 24.5 Å². The predicted molar refractivity (Wildman–Crippen MR) is 76.1 cm³/mol. The molecular weight excluding hydrogens is 241 g/mol. The molecule has 19 heavy (non-hydrogen) atoms. The fraction of sp³-hybridized carbons (Fsp3) is 0.267. The van der Waals surface area contributed by atoms with Crippen molar-refractivity contribution < 1.29 is 4.39 Å². The Bertz CT molecular complexity index is 525. The molecule has 0 aliphatic carbocycles. The fourth-order valence-electron chi connectivity index (χ4n) is 1.95. The van der Waals surface area contributed by atoms with Crippen LogP contribution < -0.4 is 10.6 Å². The zero-order chi connectivity index (χ0) is 13.7. The first kappa shape index (κ1) is 13.5. The highest BCUT2D eigenvalue weighted by atomic mass is 19.1. The van der Waals surface area contributed by atoms with Crippen molar-refractivity contribution in [2.45, 2.75) is 13.3 Å². The topological polar surface area (TPSA) is 42.1 Å². The summed E-state index contributed by atoms with van der Waals surface area (Å²) in [5.74, 6) is 0.409. The highest BCUT2D eigenvalue weighted by Crippen LogP contribution is 2.24. The van der Waals surface area contributed by atoms with Crippen molar-refractivity contribution in [3.8, 4) is 0 Å². The molecule has 0 amide bonds. The summed E-state index contributed by atoms with van der Waals surface area (Å²) in [6, 6.07) is 11.3. The molecule has 2 rings (SSSR count). The SMILES string of the molecule is Cc1cccc(N(CCCN)c2ccc(F)cn2)c1. The third-order valence-electron chi connectivity index (χ3n) is 2.89. The van der Waals surface area contributed by atoms with Crippen LogP contribution in [0.4, 0.5) is 15.9 Å². The van der Waals surface area contributed by atoms with Crippen molar-refractivity contribution in [3.63, 3.8) is 0 Å². The van der Waals surface area contributed by atoms with Gasteiger partial charge in [-0.15, -0.1) is 0 Å². The first-order chi connectivity index (χ1) is 9.20. The Kier molecular flexibility index (Phi) is 4.47. The monoisotopic (exact) mass is 259 g/mol. The van der Waals surface area contributed by atoms with Crippen molar-refractivity contribution in [3.05, 3.63) is 54.0 Å². The van der Waals surface area contributed by atoms with E-state index in [1.165, 1.54) is 17.8 Å². The van der Waals surface area contributed by atoms with E-state index in [1.807, 2.05) is 25.1 Å². The van der Waals surface area contributed by atoms with Crippen LogP contribution in [0.2, 0.25) is 0 Å². The molecule has 1 aromatic carbocycles. The second kappa shape index (κ2) is 6.29. The van der Waals surface area contributed by atoms with Crippen LogP contribution in [-0.4, -0.2) is 18.1 Å². The van der Waals surface area contributed by atoms with Crippen LogP contribution in [-0.2, 0) is 0 Å². The molecule has 0 unspecified atom stereocenters. The first-order valence-corrected chi connectivity index (χ1v) is 6.36. The molecule has 0 fully saturated rings. The van der Waals surface area contributed by atoms with Gasteiger partial charge in [0, 0.05) is 12.2 Å². The number of hydrogen-bond donors (Lipinski definition) is 1. The molecule has 0 aliphatic heterocycles. The number of aromatic nitrogens is 1. The van der Waals surface area contributed by atoms with Gasteiger partial charge in [-0.05, 0) is 49.7 Å². The Labute approximate surface area is 112 Å². The van der Waals surface area contributed by atoms with Crippen molar-refractivity contribution in [1.29, 1.82) is 0 Å². The van der Waals surface area contributed by atoms with E-state index >= 15 is 0 Å². The van der Waals surface area contributed by atoms with Gasteiger partial charge in [0.2, 0.25) is 0 Å². The summed E-state index contributed by atoms with van der Waals surface area (Å²) in [4.78, 5) is 6.20. The Balaban J connectivity index is 2.32. The van der Waals surface area contributed by atoms with Crippen molar-refractivity contribution >= 4 is 11.5 Å². The van der Waals surface area contributed by atoms with Crippen LogP contribution in [0.3, 0.4) is 0 Å². The highest BCUT2D eigenvalue weighted by molar-refractivity contribution is 5.60. The Hall–Kier alpha value is -1.94. The van der Waals surface area contributed by atoms with E-state index in [1.54, 1.807) is 6.07 Å². The van der Waals surface area contributed by atoms with E-state index in [-0.39, 0.29) is 5.82 Å². The molecular formula is C15H18FN3. The average molecular weight is 259 g/mol. The zero-order valence-electron chi connectivity index (χ0n) is 11.0. The molecule has 4 heteroatoms. The van der Waals surface area contributed by atoms with Gasteiger partial charge in [0.15, 0.2) is 0 Å². The third kappa shape index (κ3) is 3.51. The molecule has 2 aromatic rings. The number of benzene rings is 1. The number of anilines is 2. The Morgan fingerprint density at radius 3 is 2.74 bits per heavy atom. The minimum Gasteiger partial charge on any atom is -0.330 e. The molecule has 100 valence electrons. The van der Waals surface area contributed by atoms with Gasteiger partial charge >= 0.3 is 0 Å². The number of nitrogens with zero attached hydrogens (tertiary/aromatic N) is 2. The summed E-state index contributed by atoms with van der Waals surface area (Å²) in [6.45, 7) is 3.42. The molecule has 1 heterocycles. The number of nitrogens with two attached hydrogens (primary N) is 1. The molecule has 1 aromatic heterocycles. The number of rotatable bonds is 5. The average Bonchev–Trinajstić information content (AvgIpc) is 2.41. The van der Waals surface area contributed by atoms with E-state index < -0.39 is 0 Å². The van der Waals surface area contributed by atoms with Gasteiger partial charge in [-0.3, -0.25) is 0 Å². The van der Waals surface area contributed by atoms with Gasteiger partial charge in [-0.1, -0.05) is 12.1 Å². The maximum Gasteiger partial charge on any atom is 0.141 e. The second-order valence-electron chi connectivity index (χ2n) is 4.47. The quantitative estimate of drug-likeness (QED) is 0.897. The summed E-state index contributed by atoms with van der Waals surface area (Å²) < 4.78 is 13.0. The molecule has 0 atom stereocenters. The summed E-state index contributed by atoms with van der Waals surface area (Å²) in [5, 5.41) is 0. The lowest BCUT2D eigenvalue weighted by Crippen LogP contribution is -2.22. The third-order valence-corrected chi connectivity index (χ3v) is 2.89. The van der Waals surface area contributed by atoms with Gasteiger partial charge in [-0.25, -0.2) is 9.37 Å². The lowest BCUT2D eigenvalue weighted by atomic mass is 10.2. The molecule has 0 bridgehead atoms. The molecule has 0 saturated heterocycles. The molecule has 3 nitrogen and oxygen atoms in total. The fourth-order valence-corrected chi connectivity index (χ4v) is 1.95. The van der Waals surface area contributed by atoms with Gasteiger partial charge in [0.05, 0.1) is 6.20 Å². The Morgan fingerprint density at radius 2 is 2.11 bits per heavy atom. The van der Waals surface area contributed by atoms with E-state index in [0.29, 0.717) is 6.54 Å². The standard InChI is InChI=1S/C15H18FN3/c1-12-4-2-5-14(10-12)19(9-3-8-17)15-7-6-13(16)11-18-15/h2,4-7,10-11H,3,8-9,17H2,1H3.